The molecular formula is C19H39N5O2. The van der Waals surface area contributed by atoms with Gasteiger partial charge in [0.1, 0.15) is 5.60 Å². The number of alkyl carbamates (subject to hydrolysis) is 1. The number of likely N-dealkylation sites (tertiary alicyclic amines) is 1. The number of piperidine rings is 1. The number of carbonyl (C=O) groups excluding carboxylic acids is 1. The molecule has 152 valence electrons. The monoisotopic (exact) mass is 369 g/mol. The Morgan fingerprint density at radius 3 is 2.38 bits per heavy atom. The number of aliphatic imine (C=N–C) groups is 1. The first-order valence-electron chi connectivity index (χ1n) is 9.70. The zero-order valence-corrected chi connectivity index (χ0v) is 17.7. The number of nitrogens with zero attached hydrogens (tertiary/aromatic N) is 2. The summed E-state index contributed by atoms with van der Waals surface area (Å²) in [5.41, 5.74) is -0.409. The molecule has 1 heterocycles. The van der Waals surface area contributed by atoms with E-state index in [-0.39, 0.29) is 5.54 Å². The Labute approximate surface area is 159 Å². The van der Waals surface area contributed by atoms with Crippen molar-refractivity contribution < 1.29 is 9.53 Å². The summed E-state index contributed by atoms with van der Waals surface area (Å²) in [6, 6.07) is 0. The van der Waals surface area contributed by atoms with Gasteiger partial charge in [0.15, 0.2) is 5.96 Å². The summed E-state index contributed by atoms with van der Waals surface area (Å²) >= 11 is 0. The number of hydrogen-bond donors (Lipinski definition) is 3. The normalized spacial score (nSPS) is 19.8. The van der Waals surface area contributed by atoms with E-state index in [1.807, 2.05) is 20.8 Å². The highest BCUT2D eigenvalue weighted by Crippen LogP contribution is 2.23. The van der Waals surface area contributed by atoms with Crippen LogP contribution in [0.2, 0.25) is 0 Å². The van der Waals surface area contributed by atoms with E-state index in [1.54, 1.807) is 7.05 Å². The molecule has 1 amide bonds. The zero-order valence-electron chi connectivity index (χ0n) is 17.7. The Hall–Kier alpha value is -1.50. The number of amides is 1. The molecule has 1 saturated heterocycles. The van der Waals surface area contributed by atoms with Crippen LogP contribution in [0.4, 0.5) is 4.79 Å². The molecule has 3 N–H and O–H groups in total. The average molecular weight is 370 g/mol. The van der Waals surface area contributed by atoms with E-state index < -0.39 is 11.7 Å². The Kier molecular flexibility index (Phi) is 8.67. The largest absolute Gasteiger partial charge is 0.444 e. The van der Waals surface area contributed by atoms with Crippen molar-refractivity contribution in [2.45, 2.75) is 65.5 Å². The number of ether oxygens (including phenoxy) is 1. The van der Waals surface area contributed by atoms with Crippen molar-refractivity contribution in [2.24, 2.45) is 10.9 Å². The standard InChI is InChI=1S/C19H39N5O2/c1-15-9-8-12-24(13-15)19(5,6)14-23-16(20-7)21-10-11-22-17(25)26-18(2,3)4/h15H,8-14H2,1-7H3,(H,22,25)(H2,20,21,23). The number of nitrogens with one attached hydrogen (secondary N) is 3. The maximum atomic E-state index is 11.6. The summed E-state index contributed by atoms with van der Waals surface area (Å²) < 4.78 is 5.21. The highest BCUT2D eigenvalue weighted by atomic mass is 16.6. The summed E-state index contributed by atoms with van der Waals surface area (Å²) in [6.45, 7) is 16.6. The fraction of sp³-hybridized carbons (Fsp3) is 0.895. The van der Waals surface area contributed by atoms with Crippen LogP contribution >= 0.6 is 0 Å². The third-order valence-electron chi connectivity index (χ3n) is 4.51. The molecule has 26 heavy (non-hydrogen) atoms. The van der Waals surface area contributed by atoms with Crippen LogP contribution < -0.4 is 16.0 Å². The van der Waals surface area contributed by atoms with Gasteiger partial charge in [-0.05, 0) is 59.9 Å². The van der Waals surface area contributed by atoms with Crippen LogP contribution in [-0.4, -0.2) is 67.9 Å². The number of hydrogen-bond acceptors (Lipinski definition) is 4. The molecule has 0 aromatic heterocycles. The van der Waals surface area contributed by atoms with Gasteiger partial charge in [0.2, 0.25) is 0 Å². The molecule has 0 saturated carbocycles. The van der Waals surface area contributed by atoms with Gasteiger partial charge in [-0.3, -0.25) is 9.89 Å². The fourth-order valence-electron chi connectivity index (χ4n) is 3.03. The van der Waals surface area contributed by atoms with Crippen molar-refractivity contribution in [3.05, 3.63) is 0 Å². The van der Waals surface area contributed by atoms with E-state index in [4.69, 9.17) is 4.74 Å². The molecular weight excluding hydrogens is 330 g/mol. The average Bonchev–Trinajstić information content (AvgIpc) is 2.52. The first-order valence-corrected chi connectivity index (χ1v) is 9.70. The van der Waals surface area contributed by atoms with Crippen molar-refractivity contribution in [3.63, 3.8) is 0 Å². The molecule has 0 bridgehead atoms. The lowest BCUT2D eigenvalue weighted by Crippen LogP contribution is -2.56. The first kappa shape index (κ1) is 22.5. The summed E-state index contributed by atoms with van der Waals surface area (Å²) in [6.07, 6.45) is 2.20. The Balaban J connectivity index is 2.31. The predicted molar refractivity (Wildman–Crippen MR) is 108 cm³/mol. The minimum absolute atomic E-state index is 0.0705. The molecule has 0 spiro atoms. The molecule has 1 unspecified atom stereocenters. The van der Waals surface area contributed by atoms with E-state index >= 15 is 0 Å². The number of guanidine groups is 1. The molecule has 7 nitrogen and oxygen atoms in total. The molecule has 7 heteroatoms. The van der Waals surface area contributed by atoms with Crippen LogP contribution in [0, 0.1) is 5.92 Å². The summed E-state index contributed by atoms with van der Waals surface area (Å²) in [5, 5.41) is 9.36. The summed E-state index contributed by atoms with van der Waals surface area (Å²) in [7, 11) is 1.76. The third-order valence-corrected chi connectivity index (χ3v) is 4.51. The van der Waals surface area contributed by atoms with E-state index in [9.17, 15) is 4.79 Å². The molecule has 1 atom stereocenters. The lowest BCUT2D eigenvalue weighted by molar-refractivity contribution is 0.0529. The third kappa shape index (κ3) is 8.74. The fourth-order valence-corrected chi connectivity index (χ4v) is 3.03. The highest BCUT2D eigenvalue weighted by molar-refractivity contribution is 5.79. The van der Waals surface area contributed by atoms with Crippen molar-refractivity contribution in [3.8, 4) is 0 Å². The maximum absolute atomic E-state index is 11.6. The van der Waals surface area contributed by atoms with Crippen LogP contribution in [0.1, 0.15) is 54.4 Å². The Bertz CT molecular complexity index is 471. The number of rotatable bonds is 6. The molecule has 0 aliphatic carbocycles. The molecule has 0 radical (unpaired) electrons. The van der Waals surface area contributed by atoms with E-state index in [1.165, 1.54) is 12.8 Å². The predicted octanol–water partition coefficient (Wildman–Crippen LogP) is 2.19. The van der Waals surface area contributed by atoms with Crippen LogP contribution in [0.15, 0.2) is 4.99 Å². The lowest BCUT2D eigenvalue weighted by Gasteiger charge is -2.43. The molecule has 1 fully saturated rings. The van der Waals surface area contributed by atoms with Gasteiger partial charge in [0, 0.05) is 38.8 Å². The second kappa shape index (κ2) is 10.00. The van der Waals surface area contributed by atoms with Crippen LogP contribution in [-0.2, 0) is 4.74 Å². The van der Waals surface area contributed by atoms with Gasteiger partial charge in [-0.2, -0.15) is 0 Å². The van der Waals surface area contributed by atoms with Gasteiger partial charge in [-0.25, -0.2) is 4.79 Å². The van der Waals surface area contributed by atoms with Crippen molar-refractivity contribution in [1.82, 2.24) is 20.9 Å². The van der Waals surface area contributed by atoms with Crippen LogP contribution in [0.3, 0.4) is 0 Å². The van der Waals surface area contributed by atoms with Gasteiger partial charge < -0.3 is 20.7 Å². The SMILES string of the molecule is CN=C(NCCNC(=O)OC(C)(C)C)NCC(C)(C)N1CCCC(C)C1. The van der Waals surface area contributed by atoms with E-state index in [0.717, 1.165) is 31.5 Å². The Morgan fingerprint density at radius 1 is 1.15 bits per heavy atom. The van der Waals surface area contributed by atoms with Crippen molar-refractivity contribution in [2.75, 3.05) is 39.8 Å². The molecule has 1 rings (SSSR count). The molecule has 0 aromatic rings. The topological polar surface area (TPSA) is 78.0 Å². The van der Waals surface area contributed by atoms with Crippen molar-refractivity contribution in [1.29, 1.82) is 0 Å². The quantitative estimate of drug-likeness (QED) is 0.380. The van der Waals surface area contributed by atoms with E-state index in [0.29, 0.717) is 13.1 Å². The first-order chi connectivity index (χ1) is 12.0. The molecule has 1 aliphatic heterocycles. The second-order valence-electron chi connectivity index (χ2n) is 8.79. The van der Waals surface area contributed by atoms with Gasteiger partial charge in [-0.15, -0.1) is 0 Å². The molecule has 1 aliphatic rings. The van der Waals surface area contributed by atoms with Crippen LogP contribution in [0.5, 0.6) is 0 Å². The highest BCUT2D eigenvalue weighted by Gasteiger charge is 2.30. The Morgan fingerprint density at radius 2 is 1.81 bits per heavy atom. The lowest BCUT2D eigenvalue weighted by atomic mass is 9.93. The van der Waals surface area contributed by atoms with Crippen LogP contribution in [0.25, 0.3) is 0 Å². The van der Waals surface area contributed by atoms with Gasteiger partial charge >= 0.3 is 6.09 Å². The van der Waals surface area contributed by atoms with Gasteiger partial charge in [-0.1, -0.05) is 6.92 Å². The molecule has 0 aromatic carbocycles. The zero-order chi connectivity index (χ0) is 19.8. The maximum Gasteiger partial charge on any atom is 0.407 e. The minimum atomic E-state index is -0.480. The second-order valence-corrected chi connectivity index (χ2v) is 8.79. The minimum Gasteiger partial charge on any atom is -0.444 e. The van der Waals surface area contributed by atoms with Gasteiger partial charge in [0.25, 0.3) is 0 Å². The number of carbonyl (C=O) groups is 1. The van der Waals surface area contributed by atoms with Crippen molar-refractivity contribution >= 4 is 12.1 Å². The van der Waals surface area contributed by atoms with E-state index in [2.05, 4.69) is 46.6 Å². The summed E-state index contributed by atoms with van der Waals surface area (Å²) in [5.74, 6) is 1.51. The summed E-state index contributed by atoms with van der Waals surface area (Å²) in [4.78, 5) is 18.4. The smallest absolute Gasteiger partial charge is 0.407 e. The van der Waals surface area contributed by atoms with Gasteiger partial charge in [0.05, 0.1) is 0 Å².